The van der Waals surface area contributed by atoms with Gasteiger partial charge in [0.1, 0.15) is 11.0 Å². The Hall–Kier alpha value is -3.35. The van der Waals surface area contributed by atoms with Crippen LogP contribution in [-0.2, 0) is 35.1 Å². The molecule has 300 valence electrons. The Morgan fingerprint density at radius 1 is 0.962 bits per heavy atom. The molecule has 4 amide bonds. The van der Waals surface area contributed by atoms with Crippen LogP contribution in [0.25, 0.3) is 0 Å². The van der Waals surface area contributed by atoms with Gasteiger partial charge in [-0.3, -0.25) is 19.2 Å². The average molecular weight is 760 g/mol. The standard InChI is InChI=1S/C41H65N5O6S.2H2/c1-12-27(6)36(45(9)41(50)35(26(4)5)44-38(48)28(7)25(2)3)33(51-10)24-34(47)46-21-16-19-32(46)37(52-11)29(8)39(49)43-31(40-42-20-22-53-40)23-30-17-14-13-15-18-30;;/h13-15,17-18,20,22,25-29,31-33,35-37H,12,16,19,21,23-24H2,1-11H3,(H,43,49)(H,44,48);2*1H/t27-,28-,29+,31-,32-,33+,35-,36-,37+;;/m0../s1. The molecule has 9 atom stereocenters. The van der Waals surface area contributed by atoms with E-state index < -0.39 is 30.2 Å². The monoisotopic (exact) mass is 759 g/mol. The van der Waals surface area contributed by atoms with Crippen molar-refractivity contribution < 1.29 is 31.5 Å². The van der Waals surface area contributed by atoms with E-state index >= 15 is 0 Å². The Morgan fingerprint density at radius 2 is 1.62 bits per heavy atom. The topological polar surface area (TPSA) is 130 Å². The van der Waals surface area contributed by atoms with Gasteiger partial charge in [-0.05, 0) is 42.6 Å². The first-order chi connectivity index (χ1) is 25.2. The summed E-state index contributed by atoms with van der Waals surface area (Å²) in [6.45, 7) is 16.2. The quantitative estimate of drug-likeness (QED) is 0.160. The third-order valence-electron chi connectivity index (χ3n) is 11.3. The van der Waals surface area contributed by atoms with Crippen LogP contribution in [0.4, 0.5) is 0 Å². The largest absolute Gasteiger partial charge is 0.379 e. The van der Waals surface area contributed by atoms with Crippen LogP contribution < -0.4 is 10.6 Å². The van der Waals surface area contributed by atoms with Gasteiger partial charge in [-0.2, -0.15) is 0 Å². The number of ether oxygens (including phenoxy) is 2. The fourth-order valence-electron chi connectivity index (χ4n) is 7.39. The Balaban J connectivity index is 0.00000756. The second-order valence-electron chi connectivity index (χ2n) is 15.5. The first kappa shape index (κ1) is 44.0. The number of carbonyl (C=O) groups is 4. The third-order valence-corrected chi connectivity index (χ3v) is 12.1. The predicted octanol–water partition coefficient (Wildman–Crippen LogP) is 6.39. The third kappa shape index (κ3) is 11.6. The fraction of sp³-hybridized carbons (Fsp3) is 0.683. The van der Waals surface area contributed by atoms with Gasteiger partial charge < -0.3 is 29.9 Å². The molecular formula is C41H69N5O6S. The van der Waals surface area contributed by atoms with Crippen LogP contribution in [0, 0.1) is 29.6 Å². The number of nitrogens with one attached hydrogen (secondary N) is 2. The maximum absolute atomic E-state index is 14.2. The van der Waals surface area contributed by atoms with Crippen LogP contribution in [0.1, 0.15) is 101 Å². The summed E-state index contributed by atoms with van der Waals surface area (Å²) < 4.78 is 12.1. The van der Waals surface area contributed by atoms with Crippen molar-refractivity contribution in [2.45, 2.75) is 124 Å². The molecule has 11 nitrogen and oxygen atoms in total. The summed E-state index contributed by atoms with van der Waals surface area (Å²) in [6.07, 6.45) is 3.53. The zero-order valence-electron chi connectivity index (χ0n) is 33.8. The van der Waals surface area contributed by atoms with Gasteiger partial charge in [0, 0.05) is 48.2 Å². The summed E-state index contributed by atoms with van der Waals surface area (Å²) in [6, 6.07) is 8.28. The molecule has 2 aromatic rings. The molecule has 1 aliphatic rings. The Kier molecular flexibility index (Phi) is 17.4. The van der Waals surface area contributed by atoms with Crippen LogP contribution in [0.15, 0.2) is 41.9 Å². The maximum Gasteiger partial charge on any atom is 0.245 e. The summed E-state index contributed by atoms with van der Waals surface area (Å²) in [7, 11) is 4.93. The molecule has 1 aromatic carbocycles. The first-order valence-electron chi connectivity index (χ1n) is 19.3. The molecule has 2 heterocycles. The lowest BCUT2D eigenvalue weighted by molar-refractivity contribution is -0.148. The number of nitrogens with zero attached hydrogens (tertiary/aromatic N) is 3. The van der Waals surface area contributed by atoms with E-state index in [-0.39, 0.29) is 68.7 Å². The van der Waals surface area contributed by atoms with Crippen molar-refractivity contribution in [3.8, 4) is 0 Å². The average Bonchev–Trinajstić information content (AvgIpc) is 3.86. The van der Waals surface area contributed by atoms with Crippen LogP contribution in [0.3, 0.4) is 0 Å². The summed E-state index contributed by atoms with van der Waals surface area (Å²) in [5.74, 6) is -1.40. The SMILES string of the molecule is CC[C@H](C)[C@@H]([C@@H](CC(=O)N1CCC[C@H]1[C@H](OC)[C@@H](C)C(=O)N[C@@H](Cc1ccccc1)c1nccs1)OC)N(C)C(=O)[C@@H](NC(=O)[C@@H](C)C(C)C)C(C)C.[HH].[HH]. The van der Waals surface area contributed by atoms with E-state index in [9.17, 15) is 19.2 Å². The predicted molar refractivity (Wildman–Crippen MR) is 214 cm³/mol. The minimum atomic E-state index is -0.714. The zero-order valence-corrected chi connectivity index (χ0v) is 34.7. The van der Waals surface area contributed by atoms with Crippen LogP contribution in [0.2, 0.25) is 0 Å². The van der Waals surface area contributed by atoms with Gasteiger partial charge in [0.25, 0.3) is 0 Å². The Bertz CT molecular complexity index is 1450. The molecule has 0 spiro atoms. The van der Waals surface area contributed by atoms with E-state index in [4.69, 9.17) is 9.47 Å². The molecule has 0 aliphatic carbocycles. The van der Waals surface area contributed by atoms with Gasteiger partial charge >= 0.3 is 0 Å². The molecule has 1 saturated heterocycles. The maximum atomic E-state index is 14.2. The summed E-state index contributed by atoms with van der Waals surface area (Å²) in [4.78, 5) is 63.3. The number of aromatic nitrogens is 1. The van der Waals surface area contributed by atoms with Crippen LogP contribution >= 0.6 is 11.3 Å². The summed E-state index contributed by atoms with van der Waals surface area (Å²) in [5, 5.41) is 8.98. The number of likely N-dealkylation sites (tertiary alicyclic amines) is 1. The number of hydrogen-bond donors (Lipinski definition) is 2. The molecule has 0 radical (unpaired) electrons. The van der Waals surface area contributed by atoms with Crippen molar-refractivity contribution >= 4 is 35.0 Å². The lowest BCUT2D eigenvalue weighted by Gasteiger charge is -2.41. The summed E-state index contributed by atoms with van der Waals surface area (Å²) >= 11 is 1.51. The fourth-order valence-corrected chi connectivity index (χ4v) is 8.08. The van der Waals surface area contributed by atoms with Crippen molar-refractivity contribution in [2.24, 2.45) is 29.6 Å². The Labute approximate surface area is 324 Å². The van der Waals surface area contributed by atoms with E-state index in [1.165, 1.54) is 11.3 Å². The highest BCUT2D eigenvalue weighted by atomic mass is 32.1. The summed E-state index contributed by atoms with van der Waals surface area (Å²) in [5.41, 5.74) is 1.09. The van der Waals surface area contributed by atoms with Gasteiger partial charge in [0.05, 0.1) is 42.7 Å². The highest BCUT2D eigenvalue weighted by Gasteiger charge is 2.43. The molecule has 3 rings (SSSR count). The van der Waals surface area contributed by atoms with Gasteiger partial charge in [-0.1, -0.05) is 92.1 Å². The molecule has 0 saturated carbocycles. The number of carbonyl (C=O) groups excluding carboxylic acids is 4. The molecule has 0 bridgehead atoms. The molecule has 1 fully saturated rings. The lowest BCUT2D eigenvalue weighted by Crippen LogP contribution is -2.58. The number of hydrogen-bond acceptors (Lipinski definition) is 8. The molecule has 12 heteroatoms. The number of likely N-dealkylation sites (N-methyl/N-ethyl adjacent to an activating group) is 1. The second-order valence-corrected chi connectivity index (χ2v) is 16.4. The van der Waals surface area contributed by atoms with E-state index in [1.54, 1.807) is 32.4 Å². The Morgan fingerprint density at radius 3 is 2.17 bits per heavy atom. The van der Waals surface area contributed by atoms with Crippen LogP contribution in [0.5, 0.6) is 0 Å². The van der Waals surface area contributed by atoms with Crippen molar-refractivity contribution in [2.75, 3.05) is 27.8 Å². The van der Waals surface area contributed by atoms with Gasteiger partial charge in [0.15, 0.2) is 0 Å². The minimum absolute atomic E-state index is 0. The van der Waals surface area contributed by atoms with E-state index in [0.29, 0.717) is 19.4 Å². The van der Waals surface area contributed by atoms with Gasteiger partial charge in [-0.15, -0.1) is 11.3 Å². The molecule has 1 aliphatic heterocycles. The smallest absolute Gasteiger partial charge is 0.245 e. The van der Waals surface area contributed by atoms with Gasteiger partial charge in [0.2, 0.25) is 23.6 Å². The van der Waals surface area contributed by atoms with E-state index in [0.717, 1.165) is 23.4 Å². The molecule has 53 heavy (non-hydrogen) atoms. The zero-order chi connectivity index (χ0) is 39.4. The van der Waals surface area contributed by atoms with Gasteiger partial charge in [-0.25, -0.2) is 4.98 Å². The van der Waals surface area contributed by atoms with Crippen LogP contribution in [-0.4, -0.2) is 96.6 Å². The van der Waals surface area contributed by atoms with Crippen molar-refractivity contribution in [3.63, 3.8) is 0 Å². The normalized spacial score (nSPS) is 19.2. The van der Waals surface area contributed by atoms with Crippen molar-refractivity contribution in [3.05, 3.63) is 52.5 Å². The molecule has 1 aromatic heterocycles. The number of benzene rings is 1. The van der Waals surface area contributed by atoms with E-state index in [1.807, 2.05) is 82.2 Å². The number of methoxy groups -OCH3 is 2. The van der Waals surface area contributed by atoms with Crippen molar-refractivity contribution in [1.82, 2.24) is 25.4 Å². The molecule has 2 N–H and O–H groups in total. The first-order valence-corrected chi connectivity index (χ1v) is 20.2. The number of amides is 4. The number of thiazole rings is 1. The molecule has 0 unspecified atom stereocenters. The minimum Gasteiger partial charge on any atom is -0.379 e. The number of rotatable bonds is 20. The second kappa shape index (κ2) is 20.9. The lowest BCUT2D eigenvalue weighted by atomic mass is 9.89. The van der Waals surface area contributed by atoms with E-state index in [2.05, 4.69) is 29.5 Å². The molecular weight excluding hydrogens is 691 g/mol. The highest BCUT2D eigenvalue weighted by Crippen LogP contribution is 2.30. The highest BCUT2D eigenvalue weighted by molar-refractivity contribution is 7.09. The van der Waals surface area contributed by atoms with Crippen molar-refractivity contribution in [1.29, 1.82) is 0 Å².